The number of rotatable bonds is 2. The average Bonchev–Trinajstić information content (AvgIpc) is 1.65. The zero-order valence-electron chi connectivity index (χ0n) is 6.40. The third kappa shape index (κ3) is 8.53. The molecule has 0 saturated carbocycles. The van der Waals surface area contributed by atoms with Crippen LogP contribution in [0.2, 0.25) is 0 Å². The summed E-state index contributed by atoms with van der Waals surface area (Å²) in [5, 5.41) is 10.6. The summed E-state index contributed by atoms with van der Waals surface area (Å²) in [6.45, 7) is 1.48. The van der Waals surface area contributed by atoms with E-state index in [0.29, 0.717) is 0 Å². The summed E-state index contributed by atoms with van der Waals surface area (Å²) < 4.78 is 9.92. The zero-order chi connectivity index (χ0) is 6.57. The van der Waals surface area contributed by atoms with Gasteiger partial charge in [0.1, 0.15) is 5.71 Å². The second kappa shape index (κ2) is 6.65. The third-order valence-corrected chi connectivity index (χ3v) is 1.26. The van der Waals surface area contributed by atoms with Crippen molar-refractivity contribution in [1.29, 1.82) is 0 Å². The molecule has 0 heterocycles. The maximum atomic E-state index is 9.92. The van der Waals surface area contributed by atoms with Gasteiger partial charge >= 0.3 is 37.6 Å². The van der Waals surface area contributed by atoms with E-state index < -0.39 is 8.03 Å². The first-order valence-corrected chi connectivity index (χ1v) is 3.37. The van der Waals surface area contributed by atoms with E-state index >= 15 is 0 Å². The first kappa shape index (κ1) is 12.2. The van der Waals surface area contributed by atoms with Crippen molar-refractivity contribution >= 4 is 13.7 Å². The van der Waals surface area contributed by atoms with Gasteiger partial charge in [0.2, 0.25) is 6.16 Å². The van der Waals surface area contributed by atoms with Gasteiger partial charge in [-0.1, -0.05) is 5.16 Å². The van der Waals surface area contributed by atoms with E-state index in [1.165, 1.54) is 6.92 Å². The molecule has 1 unspecified atom stereocenters. The molecule has 9 heavy (non-hydrogen) atoms. The van der Waals surface area contributed by atoms with Crippen LogP contribution in [0.3, 0.4) is 0 Å². The van der Waals surface area contributed by atoms with Crippen LogP contribution in [0.4, 0.5) is 0 Å². The Morgan fingerprint density at radius 3 is 2.44 bits per heavy atom. The van der Waals surface area contributed by atoms with E-state index in [1.54, 1.807) is 0 Å². The number of hydrogen-bond donors (Lipinski definition) is 2. The topological polar surface area (TPSA) is 69.9 Å². The summed E-state index contributed by atoms with van der Waals surface area (Å²) >= 11 is 0. The summed E-state index contributed by atoms with van der Waals surface area (Å²) in [6.07, 6.45) is -0.0498. The molecule has 0 aliphatic rings. The molecule has 4 nitrogen and oxygen atoms in total. The van der Waals surface area contributed by atoms with Gasteiger partial charge in [-0.2, -0.15) is 4.89 Å². The molecule has 0 aliphatic heterocycles. The van der Waals surface area contributed by atoms with Gasteiger partial charge in [-0.05, 0) is 11.5 Å². The maximum absolute atomic E-state index is 9.92. The van der Waals surface area contributed by atoms with Crippen molar-refractivity contribution in [3.63, 3.8) is 0 Å². The van der Waals surface area contributed by atoms with Gasteiger partial charge in [-0.25, -0.2) is 0 Å². The Kier molecular flexibility index (Phi) is 9.03. The Morgan fingerprint density at radius 2 is 2.33 bits per heavy atom. The molecule has 0 fully saturated rings. The van der Waals surface area contributed by atoms with Gasteiger partial charge in [0.15, 0.2) is 0 Å². The molecule has 6 heteroatoms. The fraction of sp³-hybridized carbons (Fsp3) is 0.667. The van der Waals surface area contributed by atoms with Crippen LogP contribution >= 0.6 is 8.03 Å². The second-order valence-electron chi connectivity index (χ2n) is 1.35. The molecule has 48 valence electrons. The summed E-state index contributed by atoms with van der Waals surface area (Å²) in [7, 11) is -2.19. The number of hydrogen-bond acceptors (Lipinski definition) is 3. The SMILES string of the molecule is CC(C[P+](=O)O)=NO.[H-].[Na+]. The number of nitrogens with zero attached hydrogens (tertiary/aromatic N) is 1. The smallest absolute Gasteiger partial charge is 1.00 e. The van der Waals surface area contributed by atoms with Gasteiger partial charge in [-0.3, -0.25) is 0 Å². The molecular formula is C3H8NNaO3P+. The fourth-order valence-corrected chi connectivity index (χ4v) is 0.682. The minimum Gasteiger partial charge on any atom is -1.00 e. The summed E-state index contributed by atoms with van der Waals surface area (Å²) in [5.41, 5.74) is 0.272. The molecular weight excluding hydrogens is 152 g/mol. The molecule has 0 aromatic heterocycles. The second-order valence-corrected chi connectivity index (χ2v) is 2.37. The van der Waals surface area contributed by atoms with E-state index in [2.05, 4.69) is 5.16 Å². The Bertz CT molecular complexity index is 131. The average molecular weight is 160 g/mol. The van der Waals surface area contributed by atoms with Gasteiger partial charge in [-0.15, -0.1) is 0 Å². The van der Waals surface area contributed by atoms with Crippen LogP contribution in [0.1, 0.15) is 8.35 Å². The summed E-state index contributed by atoms with van der Waals surface area (Å²) in [5.74, 6) is 0. The van der Waals surface area contributed by atoms with Crippen LogP contribution < -0.4 is 29.6 Å². The standard InChI is InChI=1S/C3H6NO3P.Na.H/c1-3(4-5)2-8(6)7;;/h2H2,1H3,(H-,5,6,7);;/q;+1;-1/p+1. The molecule has 0 aromatic carbocycles. The Hall–Kier alpha value is 0.530. The van der Waals surface area contributed by atoms with Crippen LogP contribution in [0.5, 0.6) is 0 Å². The van der Waals surface area contributed by atoms with Crippen LogP contribution in [0.15, 0.2) is 5.16 Å². The predicted octanol–water partition coefficient (Wildman–Crippen LogP) is -2.31. The monoisotopic (exact) mass is 160 g/mol. The van der Waals surface area contributed by atoms with Gasteiger partial charge < -0.3 is 6.63 Å². The molecule has 0 radical (unpaired) electrons. The maximum Gasteiger partial charge on any atom is 1.00 e. The molecule has 0 saturated heterocycles. The van der Waals surface area contributed by atoms with Crippen LogP contribution in [-0.2, 0) is 4.57 Å². The van der Waals surface area contributed by atoms with Gasteiger partial charge in [0.05, 0.1) is 0 Å². The van der Waals surface area contributed by atoms with Crippen LogP contribution in [0, 0.1) is 0 Å². The molecule has 0 aliphatic carbocycles. The minimum atomic E-state index is -2.19. The number of oxime groups is 1. The van der Waals surface area contributed by atoms with E-state index in [4.69, 9.17) is 10.1 Å². The first-order chi connectivity index (χ1) is 3.66. The third-order valence-electron chi connectivity index (χ3n) is 0.535. The summed E-state index contributed by atoms with van der Waals surface area (Å²) in [4.78, 5) is 8.17. The molecule has 0 spiro atoms. The van der Waals surface area contributed by atoms with Gasteiger partial charge in [0.25, 0.3) is 0 Å². The molecule has 0 bridgehead atoms. The minimum absolute atomic E-state index is 0. The first-order valence-electron chi connectivity index (χ1n) is 1.98. The Balaban J connectivity index is -0.000000245. The van der Waals surface area contributed by atoms with Crippen LogP contribution in [-0.4, -0.2) is 22.0 Å². The molecule has 0 rings (SSSR count). The van der Waals surface area contributed by atoms with Crippen molar-refractivity contribution in [2.45, 2.75) is 6.92 Å². The Morgan fingerprint density at radius 1 is 1.89 bits per heavy atom. The van der Waals surface area contributed by atoms with Gasteiger partial charge in [0, 0.05) is 0 Å². The zero-order valence-corrected chi connectivity index (χ0v) is 8.30. The van der Waals surface area contributed by atoms with Crippen molar-refractivity contribution in [3.05, 3.63) is 0 Å². The Labute approximate surface area is 77.6 Å². The van der Waals surface area contributed by atoms with Crippen molar-refractivity contribution in [1.82, 2.24) is 0 Å². The fourth-order valence-electron chi connectivity index (χ4n) is 0.227. The van der Waals surface area contributed by atoms with E-state index in [9.17, 15) is 4.57 Å². The van der Waals surface area contributed by atoms with E-state index in [-0.39, 0.29) is 42.9 Å². The molecule has 2 N–H and O–H groups in total. The quantitative estimate of drug-likeness (QED) is 0.157. The molecule has 0 amide bonds. The molecule has 0 aromatic rings. The van der Waals surface area contributed by atoms with Crippen molar-refractivity contribution < 1.29 is 45.6 Å². The largest absolute Gasteiger partial charge is 1.00 e. The van der Waals surface area contributed by atoms with Crippen molar-refractivity contribution in [3.8, 4) is 0 Å². The van der Waals surface area contributed by atoms with Crippen LogP contribution in [0.25, 0.3) is 0 Å². The predicted molar refractivity (Wildman–Crippen MR) is 30.7 cm³/mol. The van der Waals surface area contributed by atoms with Crippen molar-refractivity contribution in [2.24, 2.45) is 5.16 Å². The summed E-state index contributed by atoms with van der Waals surface area (Å²) in [6, 6.07) is 0. The van der Waals surface area contributed by atoms with Crippen molar-refractivity contribution in [2.75, 3.05) is 6.16 Å². The molecule has 1 atom stereocenters. The van der Waals surface area contributed by atoms with E-state index in [1.807, 2.05) is 0 Å². The normalized spacial score (nSPS) is 12.2. The van der Waals surface area contributed by atoms with E-state index in [0.717, 1.165) is 0 Å².